The summed E-state index contributed by atoms with van der Waals surface area (Å²) in [5.74, 6) is 0.729. The lowest BCUT2D eigenvalue weighted by molar-refractivity contribution is 0.415. The van der Waals surface area contributed by atoms with Crippen LogP contribution in [0.25, 0.3) is 0 Å². The normalized spacial score (nSPS) is 11.3. The molecule has 1 aromatic carbocycles. The van der Waals surface area contributed by atoms with Gasteiger partial charge in [0.2, 0.25) is 0 Å². The van der Waals surface area contributed by atoms with E-state index in [0.717, 1.165) is 11.4 Å². The van der Waals surface area contributed by atoms with Crippen molar-refractivity contribution < 1.29 is 4.74 Å². The van der Waals surface area contributed by atoms with Crippen LogP contribution < -0.4 is 10.1 Å². The molecule has 78 valence electrons. The molecular formula is C12H14N2O. The molecule has 0 aliphatic heterocycles. The van der Waals surface area contributed by atoms with Gasteiger partial charge in [0, 0.05) is 12.1 Å². The average Bonchev–Trinajstić information content (AvgIpc) is 2.28. The Morgan fingerprint density at radius 2 is 2.33 bits per heavy atom. The molecule has 1 N–H and O–H groups in total. The Bertz CT molecular complexity index is 393. The SMILES string of the molecule is C=CC(C)Nc1cc(OC)ccc1C#N. The zero-order chi connectivity index (χ0) is 11.3. The van der Waals surface area contributed by atoms with Crippen LogP contribution in [-0.4, -0.2) is 13.2 Å². The summed E-state index contributed by atoms with van der Waals surface area (Å²) in [5.41, 5.74) is 1.37. The van der Waals surface area contributed by atoms with Crippen molar-refractivity contribution in [2.45, 2.75) is 13.0 Å². The highest BCUT2D eigenvalue weighted by Crippen LogP contribution is 2.22. The van der Waals surface area contributed by atoms with Crippen LogP contribution in [0.15, 0.2) is 30.9 Å². The van der Waals surface area contributed by atoms with Crippen molar-refractivity contribution in [2.24, 2.45) is 0 Å². The predicted molar refractivity (Wildman–Crippen MR) is 61.0 cm³/mol. The largest absolute Gasteiger partial charge is 0.497 e. The minimum absolute atomic E-state index is 0.115. The van der Waals surface area contributed by atoms with Crippen LogP contribution in [0, 0.1) is 11.3 Å². The Labute approximate surface area is 90.0 Å². The van der Waals surface area contributed by atoms with E-state index >= 15 is 0 Å². The minimum Gasteiger partial charge on any atom is -0.497 e. The van der Waals surface area contributed by atoms with Crippen molar-refractivity contribution >= 4 is 5.69 Å². The quantitative estimate of drug-likeness (QED) is 0.763. The fraction of sp³-hybridized carbons (Fsp3) is 0.250. The molecule has 0 aliphatic carbocycles. The zero-order valence-electron chi connectivity index (χ0n) is 8.95. The number of hydrogen-bond acceptors (Lipinski definition) is 3. The maximum atomic E-state index is 8.91. The number of methoxy groups -OCH3 is 1. The number of rotatable bonds is 4. The second-order valence-corrected chi connectivity index (χ2v) is 3.19. The number of nitrogens with zero attached hydrogens (tertiary/aromatic N) is 1. The topological polar surface area (TPSA) is 45.0 Å². The van der Waals surface area contributed by atoms with Crippen LogP contribution in [0.5, 0.6) is 5.75 Å². The van der Waals surface area contributed by atoms with Crippen molar-refractivity contribution in [3.63, 3.8) is 0 Å². The summed E-state index contributed by atoms with van der Waals surface area (Å²) in [6, 6.07) is 7.54. The number of hydrogen-bond donors (Lipinski definition) is 1. The molecule has 0 bridgehead atoms. The number of anilines is 1. The van der Waals surface area contributed by atoms with Gasteiger partial charge in [0.1, 0.15) is 11.8 Å². The van der Waals surface area contributed by atoms with Gasteiger partial charge in [-0.25, -0.2) is 0 Å². The van der Waals surface area contributed by atoms with Crippen molar-refractivity contribution in [3.8, 4) is 11.8 Å². The Balaban J connectivity index is 3.02. The third kappa shape index (κ3) is 2.75. The fourth-order valence-corrected chi connectivity index (χ4v) is 1.17. The van der Waals surface area contributed by atoms with Crippen LogP contribution in [0.3, 0.4) is 0 Å². The Hall–Kier alpha value is -1.95. The summed E-state index contributed by atoms with van der Waals surface area (Å²) in [4.78, 5) is 0. The molecule has 0 fully saturated rings. The summed E-state index contributed by atoms with van der Waals surface area (Å²) >= 11 is 0. The second kappa shape index (κ2) is 5.06. The average molecular weight is 202 g/mol. The van der Waals surface area contributed by atoms with E-state index in [0.29, 0.717) is 5.56 Å². The molecule has 0 aromatic heterocycles. The highest BCUT2D eigenvalue weighted by molar-refractivity contribution is 5.61. The summed E-state index contributed by atoms with van der Waals surface area (Å²) < 4.78 is 5.09. The van der Waals surface area contributed by atoms with Crippen LogP contribution in [0.4, 0.5) is 5.69 Å². The van der Waals surface area contributed by atoms with Crippen LogP contribution in [-0.2, 0) is 0 Å². The van der Waals surface area contributed by atoms with E-state index in [2.05, 4.69) is 18.0 Å². The molecule has 1 aromatic rings. The van der Waals surface area contributed by atoms with Gasteiger partial charge in [0.25, 0.3) is 0 Å². The van der Waals surface area contributed by atoms with Gasteiger partial charge < -0.3 is 10.1 Å². The first-order chi connectivity index (χ1) is 7.21. The fourth-order valence-electron chi connectivity index (χ4n) is 1.17. The van der Waals surface area contributed by atoms with Crippen molar-refractivity contribution in [2.75, 3.05) is 12.4 Å². The van der Waals surface area contributed by atoms with Gasteiger partial charge in [0.05, 0.1) is 18.4 Å². The van der Waals surface area contributed by atoms with Crippen molar-refractivity contribution in [3.05, 3.63) is 36.4 Å². The molecule has 1 atom stereocenters. The molecular weight excluding hydrogens is 188 g/mol. The van der Waals surface area contributed by atoms with E-state index in [4.69, 9.17) is 10.00 Å². The lowest BCUT2D eigenvalue weighted by atomic mass is 10.1. The number of nitrogens with one attached hydrogen (secondary N) is 1. The van der Waals surface area contributed by atoms with Gasteiger partial charge in [-0.05, 0) is 19.1 Å². The number of nitriles is 1. The summed E-state index contributed by atoms with van der Waals surface area (Å²) in [7, 11) is 1.60. The molecule has 0 heterocycles. The third-order valence-electron chi connectivity index (χ3n) is 2.08. The van der Waals surface area contributed by atoms with Crippen molar-refractivity contribution in [1.29, 1.82) is 5.26 Å². The smallest absolute Gasteiger partial charge is 0.121 e. The Morgan fingerprint density at radius 1 is 1.60 bits per heavy atom. The van der Waals surface area contributed by atoms with E-state index in [-0.39, 0.29) is 6.04 Å². The first kappa shape index (κ1) is 11.1. The Morgan fingerprint density at radius 3 is 2.87 bits per heavy atom. The van der Waals surface area contributed by atoms with Gasteiger partial charge >= 0.3 is 0 Å². The molecule has 0 saturated heterocycles. The molecule has 1 rings (SSSR count). The first-order valence-corrected chi connectivity index (χ1v) is 4.68. The van der Waals surface area contributed by atoms with E-state index in [1.807, 2.05) is 6.92 Å². The molecule has 1 unspecified atom stereocenters. The molecule has 3 nitrogen and oxygen atoms in total. The van der Waals surface area contributed by atoms with Crippen molar-refractivity contribution in [1.82, 2.24) is 0 Å². The minimum atomic E-state index is 0.115. The lowest BCUT2D eigenvalue weighted by Crippen LogP contribution is -2.12. The van der Waals surface area contributed by atoms with Crippen LogP contribution in [0.2, 0.25) is 0 Å². The maximum absolute atomic E-state index is 8.91. The summed E-state index contributed by atoms with van der Waals surface area (Å²) in [6.45, 7) is 5.64. The molecule has 0 spiro atoms. The van der Waals surface area contributed by atoms with E-state index < -0.39 is 0 Å². The number of benzene rings is 1. The van der Waals surface area contributed by atoms with Gasteiger partial charge in [-0.1, -0.05) is 6.08 Å². The second-order valence-electron chi connectivity index (χ2n) is 3.19. The monoisotopic (exact) mass is 202 g/mol. The molecule has 15 heavy (non-hydrogen) atoms. The van der Waals surface area contributed by atoms with Gasteiger partial charge in [-0.2, -0.15) is 5.26 Å². The number of ether oxygens (including phenoxy) is 1. The predicted octanol–water partition coefficient (Wildman–Crippen LogP) is 2.55. The molecule has 0 amide bonds. The molecule has 3 heteroatoms. The molecule has 0 aliphatic rings. The Kier molecular flexibility index (Phi) is 3.75. The van der Waals surface area contributed by atoms with E-state index in [1.54, 1.807) is 31.4 Å². The lowest BCUT2D eigenvalue weighted by Gasteiger charge is -2.13. The maximum Gasteiger partial charge on any atom is 0.121 e. The first-order valence-electron chi connectivity index (χ1n) is 4.68. The standard InChI is InChI=1S/C12H14N2O/c1-4-9(2)14-12-7-11(15-3)6-5-10(12)8-13/h4-7,9,14H,1H2,2-3H3. The van der Waals surface area contributed by atoms with Gasteiger partial charge in [-0.15, -0.1) is 6.58 Å². The highest BCUT2D eigenvalue weighted by atomic mass is 16.5. The summed E-state index contributed by atoms with van der Waals surface area (Å²) in [5, 5.41) is 12.1. The third-order valence-corrected chi connectivity index (χ3v) is 2.08. The van der Waals surface area contributed by atoms with Crippen LogP contribution in [0.1, 0.15) is 12.5 Å². The summed E-state index contributed by atoms with van der Waals surface area (Å²) in [6.07, 6.45) is 1.78. The van der Waals surface area contributed by atoms with E-state index in [1.165, 1.54) is 0 Å². The van der Waals surface area contributed by atoms with Gasteiger partial charge in [-0.3, -0.25) is 0 Å². The van der Waals surface area contributed by atoms with Crippen LogP contribution >= 0.6 is 0 Å². The molecule has 0 radical (unpaired) electrons. The molecule has 0 saturated carbocycles. The highest BCUT2D eigenvalue weighted by Gasteiger charge is 2.05. The van der Waals surface area contributed by atoms with Gasteiger partial charge in [0.15, 0.2) is 0 Å². The van der Waals surface area contributed by atoms with E-state index in [9.17, 15) is 0 Å². The zero-order valence-corrected chi connectivity index (χ0v) is 8.95.